The van der Waals surface area contributed by atoms with Crippen molar-refractivity contribution in [1.29, 1.82) is 0 Å². The normalized spacial score (nSPS) is 11.0. The van der Waals surface area contributed by atoms with Gasteiger partial charge in [0.15, 0.2) is 0 Å². The van der Waals surface area contributed by atoms with Gasteiger partial charge in [-0.05, 0) is 42.5 Å². The average molecular weight is 366 g/mol. The Morgan fingerprint density at radius 3 is 2.68 bits per heavy atom. The Morgan fingerprint density at radius 1 is 0.964 bits per heavy atom. The maximum atomic E-state index is 12.7. The van der Waals surface area contributed by atoms with Crippen LogP contribution in [0.3, 0.4) is 0 Å². The highest BCUT2D eigenvalue weighted by Gasteiger charge is 2.14. The van der Waals surface area contributed by atoms with Crippen molar-refractivity contribution in [2.24, 2.45) is 0 Å². The van der Waals surface area contributed by atoms with E-state index < -0.39 is 0 Å². The second-order valence-corrected chi connectivity index (χ2v) is 6.33. The van der Waals surface area contributed by atoms with Crippen molar-refractivity contribution < 1.29 is 9.21 Å². The second-order valence-electron chi connectivity index (χ2n) is 6.33. The highest BCUT2D eigenvalue weighted by atomic mass is 16.3. The number of para-hydroxylation sites is 1. The Labute approximate surface area is 159 Å². The molecule has 1 N–H and O–H groups in total. The predicted molar refractivity (Wildman–Crippen MR) is 107 cm³/mol. The Balaban J connectivity index is 1.59. The summed E-state index contributed by atoms with van der Waals surface area (Å²) in [5.41, 5.74) is 3.49. The molecule has 0 aliphatic carbocycles. The number of nitrogens with zero attached hydrogens (tertiary/aromatic N) is 3. The van der Waals surface area contributed by atoms with E-state index in [9.17, 15) is 4.79 Å². The number of anilines is 1. The predicted octanol–water partition coefficient (Wildman–Crippen LogP) is 4.69. The van der Waals surface area contributed by atoms with Gasteiger partial charge in [-0.25, -0.2) is 0 Å². The largest absolute Gasteiger partial charge is 0.456 e. The van der Waals surface area contributed by atoms with Crippen molar-refractivity contribution in [2.75, 3.05) is 5.32 Å². The number of pyridine rings is 1. The monoisotopic (exact) mass is 366 g/mol. The second kappa shape index (κ2) is 6.59. The SMILES string of the molecule is O=C(Nc1ccncc1)c1ccc2nncc(-c3cc4ccccc4o3)c2c1. The Hall–Kier alpha value is -4.06. The quantitative estimate of drug-likeness (QED) is 0.501. The third-order valence-corrected chi connectivity index (χ3v) is 4.53. The van der Waals surface area contributed by atoms with Crippen LogP contribution in [0.1, 0.15) is 10.4 Å². The summed E-state index contributed by atoms with van der Waals surface area (Å²) in [6.45, 7) is 0. The van der Waals surface area contributed by atoms with Gasteiger partial charge in [0.1, 0.15) is 11.3 Å². The summed E-state index contributed by atoms with van der Waals surface area (Å²) in [7, 11) is 0. The van der Waals surface area contributed by atoms with Gasteiger partial charge in [-0.3, -0.25) is 9.78 Å². The first-order valence-corrected chi connectivity index (χ1v) is 8.74. The number of hydrogen-bond donors (Lipinski definition) is 1. The summed E-state index contributed by atoms with van der Waals surface area (Å²) in [6, 6.07) is 18.6. The van der Waals surface area contributed by atoms with E-state index in [1.807, 2.05) is 36.4 Å². The maximum Gasteiger partial charge on any atom is 0.255 e. The van der Waals surface area contributed by atoms with Gasteiger partial charge in [0, 0.05) is 40.0 Å². The zero-order valence-corrected chi connectivity index (χ0v) is 14.7. The lowest BCUT2D eigenvalue weighted by molar-refractivity contribution is 0.102. The first-order chi connectivity index (χ1) is 13.8. The van der Waals surface area contributed by atoms with Crippen molar-refractivity contribution in [3.05, 3.63) is 84.8 Å². The lowest BCUT2D eigenvalue weighted by Gasteiger charge is -2.07. The van der Waals surface area contributed by atoms with Crippen LogP contribution in [0.5, 0.6) is 0 Å². The van der Waals surface area contributed by atoms with Gasteiger partial charge in [-0.15, -0.1) is 0 Å². The molecule has 0 aliphatic rings. The van der Waals surface area contributed by atoms with Crippen molar-refractivity contribution in [1.82, 2.24) is 15.2 Å². The van der Waals surface area contributed by atoms with E-state index in [2.05, 4.69) is 20.5 Å². The van der Waals surface area contributed by atoms with Crippen LogP contribution >= 0.6 is 0 Å². The molecular formula is C22H14N4O2. The number of fused-ring (bicyclic) bond motifs is 2. The fourth-order valence-corrected chi connectivity index (χ4v) is 3.15. The van der Waals surface area contributed by atoms with Gasteiger partial charge in [0.05, 0.1) is 11.7 Å². The molecule has 0 fully saturated rings. The molecular weight excluding hydrogens is 352 g/mol. The molecule has 28 heavy (non-hydrogen) atoms. The van der Waals surface area contributed by atoms with Crippen LogP contribution in [-0.2, 0) is 0 Å². The van der Waals surface area contributed by atoms with E-state index in [1.165, 1.54) is 0 Å². The van der Waals surface area contributed by atoms with Crippen molar-refractivity contribution >= 4 is 33.5 Å². The van der Waals surface area contributed by atoms with Crippen LogP contribution in [0, 0.1) is 0 Å². The lowest BCUT2D eigenvalue weighted by Crippen LogP contribution is -2.11. The van der Waals surface area contributed by atoms with Crippen LogP contribution in [0.25, 0.3) is 33.2 Å². The molecule has 0 bridgehead atoms. The Bertz CT molecular complexity index is 1280. The third kappa shape index (κ3) is 2.87. The number of carbonyl (C=O) groups excluding carboxylic acids is 1. The number of benzene rings is 2. The Kier molecular flexibility index (Phi) is 3.80. The third-order valence-electron chi connectivity index (χ3n) is 4.53. The van der Waals surface area contributed by atoms with E-state index in [1.54, 1.807) is 42.9 Å². The zero-order valence-electron chi connectivity index (χ0n) is 14.7. The van der Waals surface area contributed by atoms with Crippen molar-refractivity contribution in [3.63, 3.8) is 0 Å². The average Bonchev–Trinajstić information content (AvgIpc) is 3.17. The molecule has 3 aromatic heterocycles. The summed E-state index contributed by atoms with van der Waals surface area (Å²) >= 11 is 0. The first kappa shape index (κ1) is 16.1. The van der Waals surface area contributed by atoms with E-state index in [0.717, 1.165) is 21.9 Å². The molecule has 0 aliphatic heterocycles. The highest BCUT2D eigenvalue weighted by molar-refractivity contribution is 6.07. The smallest absolute Gasteiger partial charge is 0.255 e. The minimum absolute atomic E-state index is 0.208. The lowest BCUT2D eigenvalue weighted by atomic mass is 10.0. The van der Waals surface area contributed by atoms with Crippen molar-refractivity contribution in [2.45, 2.75) is 0 Å². The van der Waals surface area contributed by atoms with E-state index in [4.69, 9.17) is 4.42 Å². The van der Waals surface area contributed by atoms with Gasteiger partial charge >= 0.3 is 0 Å². The highest BCUT2D eigenvalue weighted by Crippen LogP contribution is 2.32. The minimum Gasteiger partial charge on any atom is -0.456 e. The molecule has 0 saturated heterocycles. The molecule has 0 radical (unpaired) electrons. The molecule has 2 aromatic carbocycles. The van der Waals surface area contributed by atoms with E-state index in [0.29, 0.717) is 22.5 Å². The van der Waals surface area contributed by atoms with E-state index in [-0.39, 0.29) is 5.91 Å². The van der Waals surface area contributed by atoms with Crippen LogP contribution < -0.4 is 5.32 Å². The molecule has 134 valence electrons. The number of hydrogen-bond acceptors (Lipinski definition) is 5. The number of furan rings is 1. The number of aromatic nitrogens is 3. The van der Waals surface area contributed by atoms with Gasteiger partial charge in [-0.1, -0.05) is 18.2 Å². The van der Waals surface area contributed by atoms with Crippen LogP contribution in [-0.4, -0.2) is 21.1 Å². The van der Waals surface area contributed by atoms with Crippen LogP contribution in [0.15, 0.2) is 83.7 Å². The van der Waals surface area contributed by atoms with Gasteiger partial charge in [0.2, 0.25) is 0 Å². The minimum atomic E-state index is -0.208. The molecule has 5 aromatic rings. The molecule has 6 nitrogen and oxygen atoms in total. The van der Waals surface area contributed by atoms with Gasteiger partial charge in [-0.2, -0.15) is 10.2 Å². The maximum absolute atomic E-state index is 12.7. The van der Waals surface area contributed by atoms with Crippen LogP contribution in [0.2, 0.25) is 0 Å². The standard InChI is InChI=1S/C22H14N4O2/c27-22(25-16-7-9-23-10-8-16)15-5-6-19-17(11-15)18(13-24-26-19)21-12-14-3-1-2-4-20(14)28-21/h1-13H,(H,23,25,27). The summed E-state index contributed by atoms with van der Waals surface area (Å²) in [6.07, 6.45) is 4.92. The summed E-state index contributed by atoms with van der Waals surface area (Å²) in [4.78, 5) is 16.6. The number of carbonyl (C=O) groups is 1. The molecule has 3 heterocycles. The van der Waals surface area contributed by atoms with Gasteiger partial charge < -0.3 is 9.73 Å². The molecule has 0 unspecified atom stereocenters. The molecule has 0 saturated carbocycles. The topological polar surface area (TPSA) is 80.9 Å². The molecule has 1 amide bonds. The van der Waals surface area contributed by atoms with Crippen molar-refractivity contribution in [3.8, 4) is 11.3 Å². The number of nitrogens with one attached hydrogen (secondary N) is 1. The summed E-state index contributed by atoms with van der Waals surface area (Å²) in [5.74, 6) is 0.480. The fourth-order valence-electron chi connectivity index (χ4n) is 3.15. The molecule has 0 spiro atoms. The molecule has 0 atom stereocenters. The molecule has 5 rings (SSSR count). The molecule has 6 heteroatoms. The summed E-state index contributed by atoms with van der Waals surface area (Å²) in [5, 5.41) is 12.9. The first-order valence-electron chi connectivity index (χ1n) is 8.74. The van der Waals surface area contributed by atoms with E-state index >= 15 is 0 Å². The fraction of sp³-hybridized carbons (Fsp3) is 0. The summed E-state index contributed by atoms with van der Waals surface area (Å²) < 4.78 is 5.98. The van der Waals surface area contributed by atoms with Crippen LogP contribution in [0.4, 0.5) is 5.69 Å². The number of rotatable bonds is 3. The Morgan fingerprint density at radius 2 is 1.82 bits per heavy atom. The zero-order chi connectivity index (χ0) is 18.9. The number of amides is 1. The van der Waals surface area contributed by atoms with Gasteiger partial charge in [0.25, 0.3) is 5.91 Å².